The number of imide groups is 1. The third-order valence-corrected chi connectivity index (χ3v) is 5.13. The van der Waals surface area contributed by atoms with E-state index in [9.17, 15) is 19.2 Å². The number of nitrogens with one attached hydrogen (secondary N) is 1. The first-order valence-corrected chi connectivity index (χ1v) is 10.1. The Hall–Kier alpha value is -3.23. The Kier molecular flexibility index (Phi) is 6.19. The number of hydrogen-bond acceptors (Lipinski definition) is 6. The third-order valence-electron chi connectivity index (χ3n) is 5.13. The summed E-state index contributed by atoms with van der Waals surface area (Å²) in [6.07, 6.45) is 4.17. The molecule has 0 aliphatic carbocycles. The van der Waals surface area contributed by atoms with Gasteiger partial charge in [-0.1, -0.05) is 32.8 Å². The van der Waals surface area contributed by atoms with Crippen LogP contribution >= 0.6 is 0 Å². The average molecular weight is 414 g/mol. The van der Waals surface area contributed by atoms with Crippen LogP contribution in [0.2, 0.25) is 0 Å². The lowest BCUT2D eigenvalue weighted by atomic mass is 9.88. The van der Waals surface area contributed by atoms with E-state index in [-0.39, 0.29) is 12.2 Å². The number of pyridine rings is 1. The lowest BCUT2D eigenvalue weighted by Crippen LogP contribution is -2.47. The molecule has 3 heterocycles. The molecule has 1 aliphatic heterocycles. The second-order valence-corrected chi connectivity index (χ2v) is 7.58. The number of carbonyl (C=O) groups is 3. The summed E-state index contributed by atoms with van der Waals surface area (Å²) in [7, 11) is 0. The minimum Gasteiger partial charge on any atom is -0.458 e. The van der Waals surface area contributed by atoms with Gasteiger partial charge in [-0.15, -0.1) is 0 Å². The normalized spacial score (nSPS) is 15.5. The molecule has 9 nitrogen and oxygen atoms in total. The fourth-order valence-electron chi connectivity index (χ4n) is 3.80. The number of carbonyl (C=O) groups excluding carboxylic acids is 3. The van der Waals surface area contributed by atoms with E-state index >= 15 is 0 Å². The number of amides is 3. The topological polar surface area (TPSA) is 110 Å². The van der Waals surface area contributed by atoms with Gasteiger partial charge < -0.3 is 10.1 Å². The molecular weight excluding hydrogens is 388 g/mol. The summed E-state index contributed by atoms with van der Waals surface area (Å²) >= 11 is 0. The van der Waals surface area contributed by atoms with Gasteiger partial charge in [0.1, 0.15) is 24.3 Å². The molecule has 0 atom stereocenters. The van der Waals surface area contributed by atoms with Crippen LogP contribution in [0, 0.1) is 6.92 Å². The van der Waals surface area contributed by atoms with Crippen LogP contribution in [0.25, 0.3) is 5.65 Å². The van der Waals surface area contributed by atoms with Gasteiger partial charge in [0.2, 0.25) is 0 Å². The van der Waals surface area contributed by atoms with Gasteiger partial charge in [0.05, 0.1) is 5.69 Å². The molecule has 2 aromatic heterocycles. The van der Waals surface area contributed by atoms with E-state index in [1.165, 1.54) is 10.5 Å². The van der Waals surface area contributed by atoms with Gasteiger partial charge in [0, 0.05) is 12.3 Å². The third kappa shape index (κ3) is 4.19. The molecule has 0 radical (unpaired) electrons. The Bertz CT molecular complexity index is 1040. The largest absolute Gasteiger partial charge is 0.458 e. The van der Waals surface area contributed by atoms with Gasteiger partial charge in [-0.3, -0.25) is 23.7 Å². The molecular formula is C21H26N4O5. The molecule has 9 heteroatoms. The van der Waals surface area contributed by atoms with Crippen LogP contribution in [0.1, 0.15) is 50.8 Å². The van der Waals surface area contributed by atoms with Crippen LogP contribution in [0.3, 0.4) is 0 Å². The number of rotatable bonds is 8. The van der Waals surface area contributed by atoms with Crippen molar-refractivity contribution in [1.82, 2.24) is 19.6 Å². The summed E-state index contributed by atoms with van der Waals surface area (Å²) in [5, 5.41) is 2.75. The van der Waals surface area contributed by atoms with Crippen LogP contribution in [-0.4, -0.2) is 44.3 Å². The number of esters is 1. The summed E-state index contributed by atoms with van der Waals surface area (Å²) in [6.45, 7) is 5.04. The van der Waals surface area contributed by atoms with E-state index in [2.05, 4.69) is 10.3 Å². The first-order chi connectivity index (χ1) is 14.3. The van der Waals surface area contributed by atoms with Gasteiger partial charge in [-0.2, -0.15) is 0 Å². The number of aryl methyl sites for hydroxylation is 1. The second kappa shape index (κ2) is 8.64. The molecule has 2 aromatic rings. The van der Waals surface area contributed by atoms with Gasteiger partial charge >= 0.3 is 12.0 Å². The van der Waals surface area contributed by atoms with E-state index in [1.54, 1.807) is 12.3 Å². The molecule has 1 saturated heterocycles. The zero-order chi connectivity index (χ0) is 21.9. The fourth-order valence-corrected chi connectivity index (χ4v) is 3.80. The number of fused-ring (bicyclic) bond motifs is 1. The van der Waals surface area contributed by atoms with Gasteiger partial charge in [-0.05, 0) is 31.4 Å². The second-order valence-electron chi connectivity index (χ2n) is 7.58. The van der Waals surface area contributed by atoms with Crippen molar-refractivity contribution in [3.05, 3.63) is 46.0 Å². The van der Waals surface area contributed by atoms with E-state index in [1.807, 2.05) is 26.8 Å². The first kappa shape index (κ1) is 21.5. The van der Waals surface area contributed by atoms with Crippen molar-refractivity contribution in [2.75, 3.05) is 6.54 Å². The van der Waals surface area contributed by atoms with E-state index in [0.29, 0.717) is 24.2 Å². The highest BCUT2D eigenvalue weighted by Gasteiger charge is 2.50. The van der Waals surface area contributed by atoms with Crippen molar-refractivity contribution in [3.8, 4) is 0 Å². The van der Waals surface area contributed by atoms with Crippen molar-refractivity contribution in [2.45, 2.75) is 58.6 Å². The lowest BCUT2D eigenvalue weighted by molar-refractivity contribution is -0.149. The Morgan fingerprint density at radius 3 is 2.53 bits per heavy atom. The molecule has 1 N–H and O–H groups in total. The smallest absolute Gasteiger partial charge is 0.326 e. The highest BCUT2D eigenvalue weighted by Crippen LogP contribution is 2.28. The monoisotopic (exact) mass is 414 g/mol. The fraction of sp³-hybridized carbons (Fsp3) is 0.476. The molecule has 3 rings (SSSR count). The van der Waals surface area contributed by atoms with Crippen LogP contribution < -0.4 is 10.9 Å². The van der Waals surface area contributed by atoms with Crippen molar-refractivity contribution in [3.63, 3.8) is 0 Å². The number of ether oxygens (including phenoxy) is 1. The Balaban J connectivity index is 1.67. The summed E-state index contributed by atoms with van der Waals surface area (Å²) in [6, 6.07) is 4.24. The Morgan fingerprint density at radius 1 is 1.17 bits per heavy atom. The SMILES string of the molecule is CCCC1(CCC)NC(=O)N(CC(=O)OCc2cc(=O)n3cc(C)ccc3n2)C1=O. The summed E-state index contributed by atoms with van der Waals surface area (Å²) in [5.41, 5.74) is 0.417. The summed E-state index contributed by atoms with van der Waals surface area (Å²) in [4.78, 5) is 54.9. The number of urea groups is 1. The van der Waals surface area contributed by atoms with Crippen LogP contribution in [0.5, 0.6) is 0 Å². The number of nitrogens with zero attached hydrogens (tertiary/aromatic N) is 3. The maximum Gasteiger partial charge on any atom is 0.326 e. The predicted molar refractivity (Wildman–Crippen MR) is 109 cm³/mol. The minimum atomic E-state index is -0.951. The maximum atomic E-state index is 12.8. The molecule has 0 spiro atoms. The van der Waals surface area contributed by atoms with Crippen LogP contribution in [0.15, 0.2) is 29.2 Å². The Morgan fingerprint density at radius 2 is 1.87 bits per heavy atom. The van der Waals surface area contributed by atoms with E-state index in [0.717, 1.165) is 23.3 Å². The first-order valence-electron chi connectivity index (χ1n) is 10.1. The molecule has 3 amide bonds. The summed E-state index contributed by atoms with van der Waals surface area (Å²) < 4.78 is 6.59. The zero-order valence-electron chi connectivity index (χ0n) is 17.4. The molecule has 0 aromatic carbocycles. The van der Waals surface area contributed by atoms with Crippen molar-refractivity contribution >= 4 is 23.6 Å². The lowest BCUT2D eigenvalue weighted by Gasteiger charge is -2.25. The molecule has 160 valence electrons. The molecule has 1 fully saturated rings. The Labute approximate surface area is 174 Å². The van der Waals surface area contributed by atoms with Crippen LogP contribution in [-0.2, 0) is 20.9 Å². The predicted octanol–water partition coefficient (Wildman–Crippen LogP) is 1.94. The maximum absolute atomic E-state index is 12.8. The van der Waals surface area contributed by atoms with Crippen molar-refractivity contribution in [2.24, 2.45) is 0 Å². The minimum absolute atomic E-state index is 0.225. The molecule has 1 aliphatic rings. The number of hydrogen-bond donors (Lipinski definition) is 1. The van der Waals surface area contributed by atoms with Gasteiger partial charge in [0.25, 0.3) is 11.5 Å². The number of aromatic nitrogens is 2. The summed E-state index contributed by atoms with van der Waals surface area (Å²) in [5.74, 6) is -1.14. The van der Waals surface area contributed by atoms with Gasteiger partial charge in [-0.25, -0.2) is 9.78 Å². The molecule has 0 saturated carbocycles. The van der Waals surface area contributed by atoms with Crippen molar-refractivity contribution in [1.29, 1.82) is 0 Å². The molecule has 0 bridgehead atoms. The average Bonchev–Trinajstić information content (AvgIpc) is 2.92. The van der Waals surface area contributed by atoms with E-state index < -0.39 is 30.0 Å². The highest BCUT2D eigenvalue weighted by molar-refractivity contribution is 6.08. The van der Waals surface area contributed by atoms with E-state index in [4.69, 9.17) is 4.74 Å². The molecule has 0 unspecified atom stereocenters. The molecule has 30 heavy (non-hydrogen) atoms. The van der Waals surface area contributed by atoms with Crippen molar-refractivity contribution < 1.29 is 19.1 Å². The van der Waals surface area contributed by atoms with Crippen LogP contribution in [0.4, 0.5) is 4.79 Å². The quantitative estimate of drug-likeness (QED) is 0.522. The highest BCUT2D eigenvalue weighted by atomic mass is 16.5. The zero-order valence-corrected chi connectivity index (χ0v) is 17.4. The van der Waals surface area contributed by atoms with Gasteiger partial charge in [0.15, 0.2) is 0 Å². The standard InChI is InChI=1S/C21H26N4O5/c1-4-8-21(9-5-2)19(28)25(20(29)23-21)12-18(27)30-13-15-10-17(26)24-11-14(3)6-7-16(24)22-15/h6-7,10-11H,4-5,8-9,12-13H2,1-3H3,(H,23,29).